The summed E-state index contributed by atoms with van der Waals surface area (Å²) in [4.78, 5) is 2.18. The number of halogens is 3. The molecule has 0 aliphatic heterocycles. The van der Waals surface area contributed by atoms with Crippen molar-refractivity contribution < 1.29 is 22.6 Å². The smallest absolute Gasteiger partial charge is 0.260 e. The molecule has 0 spiro atoms. The molecule has 2 unspecified atom stereocenters. The van der Waals surface area contributed by atoms with E-state index in [0.29, 0.717) is 25.2 Å². The molecule has 3 atom stereocenters. The van der Waals surface area contributed by atoms with E-state index in [4.69, 9.17) is 9.47 Å². The molecule has 1 aliphatic carbocycles. The molecule has 6 rings (SSSR count). The average molecular weight is 627 g/mol. The Kier molecular flexibility index (Phi) is 9.84. The zero-order valence-corrected chi connectivity index (χ0v) is 26.1. The van der Waals surface area contributed by atoms with Gasteiger partial charge in [0.25, 0.3) is 5.92 Å². The number of hydrogen-bond acceptors (Lipinski definition) is 3. The molecule has 4 aromatic carbocycles. The van der Waals surface area contributed by atoms with Crippen molar-refractivity contribution in [1.29, 1.82) is 0 Å². The minimum atomic E-state index is -2.96. The van der Waals surface area contributed by atoms with Crippen LogP contribution in [0.5, 0.6) is 0 Å². The van der Waals surface area contributed by atoms with Crippen molar-refractivity contribution >= 4 is 11.3 Å². The zero-order valence-electron chi connectivity index (χ0n) is 25.3. The van der Waals surface area contributed by atoms with Crippen LogP contribution in [-0.4, -0.2) is 18.6 Å². The molecule has 1 saturated carbocycles. The van der Waals surface area contributed by atoms with Gasteiger partial charge in [0.1, 0.15) is 5.82 Å². The second-order valence-electron chi connectivity index (χ2n) is 12.0. The Morgan fingerprint density at radius 3 is 2.18 bits per heavy atom. The fourth-order valence-electron chi connectivity index (χ4n) is 6.16. The van der Waals surface area contributed by atoms with E-state index in [1.54, 1.807) is 23.5 Å². The van der Waals surface area contributed by atoms with E-state index in [1.807, 2.05) is 91.9 Å². The Morgan fingerprint density at radius 1 is 0.778 bits per heavy atom. The Hall–Kier alpha value is -3.71. The number of rotatable bonds is 11. The van der Waals surface area contributed by atoms with Crippen molar-refractivity contribution in [3.63, 3.8) is 0 Å². The van der Waals surface area contributed by atoms with Crippen LogP contribution in [0.2, 0.25) is 0 Å². The molecule has 1 heterocycles. The third-order valence-electron chi connectivity index (χ3n) is 8.74. The highest BCUT2D eigenvalue weighted by Gasteiger charge is 2.53. The minimum absolute atomic E-state index is 0.0380. The van der Waals surface area contributed by atoms with Crippen molar-refractivity contribution in [2.24, 2.45) is 5.92 Å². The van der Waals surface area contributed by atoms with Gasteiger partial charge in [0, 0.05) is 22.1 Å². The van der Waals surface area contributed by atoms with Crippen LogP contribution in [0.15, 0.2) is 115 Å². The fourth-order valence-corrected chi connectivity index (χ4v) is 7.20. The topological polar surface area (TPSA) is 18.5 Å². The lowest BCUT2D eigenvalue weighted by molar-refractivity contribution is -0.161. The average Bonchev–Trinajstić information content (AvgIpc) is 3.52. The third-order valence-corrected chi connectivity index (χ3v) is 9.88. The van der Waals surface area contributed by atoms with Crippen LogP contribution in [0.3, 0.4) is 0 Å². The molecule has 0 saturated heterocycles. The maximum atomic E-state index is 16.4. The normalized spacial score (nSPS) is 19.4. The summed E-state index contributed by atoms with van der Waals surface area (Å²) in [5, 5.41) is 0. The van der Waals surface area contributed by atoms with Gasteiger partial charge in [-0.25, -0.2) is 13.2 Å². The molecule has 1 aliphatic rings. The highest BCUT2D eigenvalue weighted by atomic mass is 32.1. The van der Waals surface area contributed by atoms with Gasteiger partial charge in [-0.1, -0.05) is 91.0 Å². The largest absolute Gasteiger partial charge is 0.376 e. The number of benzene rings is 4. The van der Waals surface area contributed by atoms with Gasteiger partial charge in [0.05, 0.1) is 31.8 Å². The summed E-state index contributed by atoms with van der Waals surface area (Å²) in [5.41, 5.74) is 5.68. The lowest BCUT2D eigenvalue weighted by Crippen LogP contribution is -2.46. The van der Waals surface area contributed by atoms with E-state index < -0.39 is 17.8 Å². The van der Waals surface area contributed by atoms with Crippen LogP contribution < -0.4 is 0 Å². The standard InChI is InChI=1S/C39H37F3O2S/c1-27-12-13-31(20-32(27)21-36-18-19-38(45-36)30-14-16-34(40)17-15-30)37-23-35(44-25-29-10-6-3-7-11-29)22-33(39(37,41)42)26-43-24-28-8-4-2-5-9-28/h2-20,33,35,37H,21-26H2,1H3/t33?,35-,37?/m0/s1. The number of hydrogen-bond donors (Lipinski definition) is 0. The summed E-state index contributed by atoms with van der Waals surface area (Å²) >= 11 is 1.64. The summed E-state index contributed by atoms with van der Waals surface area (Å²) in [7, 11) is 0. The molecule has 2 nitrogen and oxygen atoms in total. The van der Waals surface area contributed by atoms with Crippen LogP contribution in [0.1, 0.15) is 51.5 Å². The van der Waals surface area contributed by atoms with Crippen LogP contribution in [0, 0.1) is 18.7 Å². The second kappa shape index (κ2) is 14.2. The van der Waals surface area contributed by atoms with Crippen molar-refractivity contribution in [3.8, 4) is 10.4 Å². The van der Waals surface area contributed by atoms with E-state index in [2.05, 4.69) is 6.07 Å². The summed E-state index contributed by atoms with van der Waals surface area (Å²) in [6, 6.07) is 35.9. The molecule has 0 N–H and O–H groups in total. The van der Waals surface area contributed by atoms with Gasteiger partial charge in [-0.15, -0.1) is 11.3 Å². The van der Waals surface area contributed by atoms with Crippen molar-refractivity contribution in [3.05, 3.63) is 154 Å². The molecule has 0 bridgehead atoms. The SMILES string of the molecule is Cc1ccc(C2C[C@@H](OCc3ccccc3)CC(COCc3ccccc3)C2(F)F)cc1Cc1ccc(-c2ccc(F)cc2)s1. The van der Waals surface area contributed by atoms with Crippen LogP contribution in [0.4, 0.5) is 13.2 Å². The number of alkyl halides is 2. The Morgan fingerprint density at radius 2 is 1.47 bits per heavy atom. The predicted molar refractivity (Wildman–Crippen MR) is 175 cm³/mol. The lowest BCUT2D eigenvalue weighted by atomic mass is 9.73. The van der Waals surface area contributed by atoms with Crippen molar-refractivity contribution in [2.75, 3.05) is 6.61 Å². The van der Waals surface area contributed by atoms with Gasteiger partial charge in [0.15, 0.2) is 0 Å². The first-order chi connectivity index (χ1) is 21.8. The van der Waals surface area contributed by atoms with Crippen LogP contribution in [-0.2, 0) is 29.1 Å². The first-order valence-corrected chi connectivity index (χ1v) is 16.3. The van der Waals surface area contributed by atoms with Gasteiger partial charge in [-0.3, -0.25) is 0 Å². The van der Waals surface area contributed by atoms with Gasteiger partial charge in [-0.05, 0) is 77.4 Å². The Bertz CT molecular complexity index is 1670. The quantitative estimate of drug-likeness (QED) is 0.145. The molecular formula is C39H37F3O2S. The van der Waals surface area contributed by atoms with E-state index in [9.17, 15) is 4.39 Å². The minimum Gasteiger partial charge on any atom is -0.376 e. The summed E-state index contributed by atoms with van der Waals surface area (Å²) < 4.78 is 58.4. The van der Waals surface area contributed by atoms with Crippen molar-refractivity contribution in [1.82, 2.24) is 0 Å². The molecule has 1 fully saturated rings. The Balaban J connectivity index is 1.22. The number of aryl methyl sites for hydroxylation is 1. The molecule has 232 valence electrons. The van der Waals surface area contributed by atoms with E-state index >= 15 is 8.78 Å². The highest BCUT2D eigenvalue weighted by molar-refractivity contribution is 7.15. The second-order valence-corrected chi connectivity index (χ2v) is 13.1. The molecule has 5 aromatic rings. The summed E-state index contributed by atoms with van der Waals surface area (Å²) in [6.07, 6.45) is 0.804. The highest BCUT2D eigenvalue weighted by Crippen LogP contribution is 2.49. The van der Waals surface area contributed by atoms with Gasteiger partial charge >= 0.3 is 0 Å². The molecule has 45 heavy (non-hydrogen) atoms. The summed E-state index contributed by atoms with van der Waals surface area (Å²) in [6.45, 7) is 2.67. The lowest BCUT2D eigenvalue weighted by Gasteiger charge is -2.42. The molecule has 0 radical (unpaired) electrons. The van der Waals surface area contributed by atoms with Gasteiger partial charge < -0.3 is 9.47 Å². The molecule has 6 heteroatoms. The monoisotopic (exact) mass is 626 g/mol. The van der Waals surface area contributed by atoms with E-state index in [-0.39, 0.29) is 31.4 Å². The summed E-state index contributed by atoms with van der Waals surface area (Å²) in [5.74, 6) is -5.19. The first-order valence-electron chi connectivity index (χ1n) is 15.4. The van der Waals surface area contributed by atoms with Gasteiger partial charge in [0.2, 0.25) is 0 Å². The maximum absolute atomic E-state index is 16.4. The van der Waals surface area contributed by atoms with Crippen LogP contribution in [0.25, 0.3) is 10.4 Å². The zero-order chi connectivity index (χ0) is 31.2. The van der Waals surface area contributed by atoms with E-state index in [1.165, 1.54) is 12.1 Å². The predicted octanol–water partition coefficient (Wildman–Crippen LogP) is 10.4. The van der Waals surface area contributed by atoms with Crippen molar-refractivity contribution in [2.45, 2.75) is 57.3 Å². The van der Waals surface area contributed by atoms with Crippen LogP contribution >= 0.6 is 11.3 Å². The van der Waals surface area contributed by atoms with Gasteiger partial charge in [-0.2, -0.15) is 0 Å². The first kappa shape index (κ1) is 31.3. The number of thiophene rings is 1. The maximum Gasteiger partial charge on any atom is 0.260 e. The van der Waals surface area contributed by atoms with E-state index in [0.717, 1.165) is 37.6 Å². The number of ether oxygens (including phenoxy) is 2. The molecule has 0 amide bonds. The fraction of sp³-hybridized carbons (Fsp3) is 0.282. The molecule has 1 aromatic heterocycles. The molecular weight excluding hydrogens is 589 g/mol. The Labute approximate surface area is 267 Å². The third kappa shape index (κ3) is 7.75.